The third-order valence-corrected chi connectivity index (χ3v) is 5.80. The molecule has 1 spiro atoms. The van der Waals surface area contributed by atoms with Crippen molar-refractivity contribution in [3.05, 3.63) is 64.7 Å². The number of fused-ring (bicyclic) bond motifs is 1. The largest absolute Gasteiger partial charge is 0.312 e. The van der Waals surface area contributed by atoms with Crippen molar-refractivity contribution >= 4 is 17.5 Å². The Kier molecular flexibility index (Phi) is 4.04. The average molecular weight is 350 g/mol. The fourth-order valence-electron chi connectivity index (χ4n) is 4.32. The van der Waals surface area contributed by atoms with E-state index in [1.807, 2.05) is 42.2 Å². The number of hydrogen-bond donors (Lipinski definition) is 2. The van der Waals surface area contributed by atoms with Gasteiger partial charge in [0.1, 0.15) is 0 Å². The molecule has 0 saturated carbocycles. The number of nitrogens with zero attached hydrogens (tertiary/aromatic N) is 1. The Balaban J connectivity index is 1.60. The van der Waals surface area contributed by atoms with E-state index in [9.17, 15) is 9.59 Å². The molecule has 0 bridgehead atoms. The van der Waals surface area contributed by atoms with Gasteiger partial charge in [-0.25, -0.2) is 5.48 Å². The normalized spacial score (nSPS) is 21.8. The number of rotatable bonds is 2. The van der Waals surface area contributed by atoms with Crippen LogP contribution in [-0.2, 0) is 17.6 Å². The Hall–Kier alpha value is -2.66. The maximum Gasteiger partial charge on any atom is 0.274 e. The average Bonchev–Trinajstić information content (AvgIpc) is 2.96. The first-order valence-electron chi connectivity index (χ1n) is 8.97. The summed E-state index contributed by atoms with van der Waals surface area (Å²) in [5.41, 5.74) is 6.14. The zero-order valence-electron chi connectivity index (χ0n) is 14.8. The van der Waals surface area contributed by atoms with Crippen molar-refractivity contribution in [2.24, 2.45) is 5.41 Å². The monoisotopic (exact) mass is 350 g/mol. The van der Waals surface area contributed by atoms with Gasteiger partial charge in [0, 0.05) is 17.8 Å². The van der Waals surface area contributed by atoms with Gasteiger partial charge in [-0.1, -0.05) is 18.2 Å². The molecule has 0 radical (unpaired) electrons. The zero-order valence-corrected chi connectivity index (χ0v) is 14.8. The molecule has 134 valence electrons. The van der Waals surface area contributed by atoms with Crippen LogP contribution in [0.15, 0.2) is 42.5 Å². The molecule has 4 rings (SSSR count). The highest BCUT2D eigenvalue weighted by Gasteiger charge is 2.48. The Labute approximate surface area is 152 Å². The molecule has 5 nitrogen and oxygen atoms in total. The highest BCUT2D eigenvalue weighted by atomic mass is 16.5. The van der Waals surface area contributed by atoms with E-state index in [-0.39, 0.29) is 11.3 Å². The van der Waals surface area contributed by atoms with Crippen LogP contribution in [0.5, 0.6) is 0 Å². The lowest BCUT2D eigenvalue weighted by atomic mass is 9.70. The fourth-order valence-corrected chi connectivity index (χ4v) is 4.32. The first-order chi connectivity index (χ1) is 12.5. The van der Waals surface area contributed by atoms with E-state index in [1.165, 1.54) is 0 Å². The van der Waals surface area contributed by atoms with Crippen LogP contribution in [0.4, 0.5) is 5.69 Å². The molecular formula is C21H22N2O3. The molecule has 2 aromatic carbocycles. The molecule has 1 heterocycles. The molecule has 26 heavy (non-hydrogen) atoms. The van der Waals surface area contributed by atoms with E-state index < -0.39 is 5.91 Å². The second kappa shape index (κ2) is 6.25. The molecule has 5 heteroatoms. The van der Waals surface area contributed by atoms with Gasteiger partial charge >= 0.3 is 0 Å². The molecule has 2 aromatic rings. The van der Waals surface area contributed by atoms with Gasteiger partial charge in [-0.05, 0) is 73.6 Å². The molecule has 0 aromatic heterocycles. The van der Waals surface area contributed by atoms with Gasteiger partial charge in [0.15, 0.2) is 0 Å². The molecule has 2 N–H and O–H groups in total. The lowest BCUT2D eigenvalue weighted by Gasteiger charge is -2.33. The third kappa shape index (κ3) is 2.69. The molecule has 1 aliphatic heterocycles. The van der Waals surface area contributed by atoms with Crippen molar-refractivity contribution in [2.45, 2.75) is 32.6 Å². The number of carbonyl (C=O) groups excluding carboxylic acids is 2. The second-order valence-electron chi connectivity index (χ2n) is 7.43. The predicted molar refractivity (Wildman–Crippen MR) is 98.3 cm³/mol. The predicted octanol–water partition coefficient (Wildman–Crippen LogP) is 3.03. The summed E-state index contributed by atoms with van der Waals surface area (Å²) in [5.74, 6) is -0.290. The van der Waals surface area contributed by atoms with Crippen molar-refractivity contribution in [2.75, 3.05) is 11.4 Å². The standard InChI is InChI=1S/C21H22N2O3/c1-14-3-2-4-18(11-14)23-10-9-21(20(23)25)8-7-15-12-16(19(24)22-26)5-6-17(15)13-21/h2-6,11-12,26H,7-10,13H2,1H3,(H,22,24)/t21-/m0/s1. The number of amides is 2. The van der Waals surface area contributed by atoms with Crippen molar-refractivity contribution in [3.63, 3.8) is 0 Å². The minimum Gasteiger partial charge on any atom is -0.312 e. The maximum absolute atomic E-state index is 13.3. The van der Waals surface area contributed by atoms with Gasteiger partial charge in [0.05, 0.1) is 5.41 Å². The van der Waals surface area contributed by atoms with Crippen LogP contribution in [0.3, 0.4) is 0 Å². The highest BCUT2D eigenvalue weighted by Crippen LogP contribution is 2.45. The van der Waals surface area contributed by atoms with E-state index >= 15 is 0 Å². The lowest BCUT2D eigenvalue weighted by molar-refractivity contribution is -0.126. The smallest absolute Gasteiger partial charge is 0.274 e. The molecule has 2 amide bonds. The molecular weight excluding hydrogens is 328 g/mol. The van der Waals surface area contributed by atoms with Crippen LogP contribution in [0, 0.1) is 12.3 Å². The lowest BCUT2D eigenvalue weighted by Crippen LogP contribution is -2.38. The molecule has 1 fully saturated rings. The quantitative estimate of drug-likeness (QED) is 0.646. The van der Waals surface area contributed by atoms with E-state index in [0.717, 1.165) is 48.2 Å². The minimum absolute atomic E-state index is 0.214. The number of anilines is 1. The minimum atomic E-state index is -0.504. The maximum atomic E-state index is 13.3. The van der Waals surface area contributed by atoms with Crippen molar-refractivity contribution in [3.8, 4) is 0 Å². The number of benzene rings is 2. The first-order valence-corrected chi connectivity index (χ1v) is 8.97. The van der Waals surface area contributed by atoms with Crippen molar-refractivity contribution < 1.29 is 14.8 Å². The van der Waals surface area contributed by atoms with E-state index in [2.05, 4.69) is 6.07 Å². The highest BCUT2D eigenvalue weighted by molar-refractivity contribution is 6.00. The molecule has 1 atom stereocenters. The van der Waals surface area contributed by atoms with Crippen LogP contribution in [-0.4, -0.2) is 23.6 Å². The van der Waals surface area contributed by atoms with Gasteiger partial charge in [-0.3, -0.25) is 14.8 Å². The summed E-state index contributed by atoms with van der Waals surface area (Å²) in [6, 6.07) is 13.5. The summed E-state index contributed by atoms with van der Waals surface area (Å²) >= 11 is 0. The fraction of sp³-hybridized carbons (Fsp3) is 0.333. The Morgan fingerprint density at radius 1 is 1.15 bits per heavy atom. The summed E-state index contributed by atoms with van der Waals surface area (Å²) < 4.78 is 0. The second-order valence-corrected chi connectivity index (χ2v) is 7.43. The van der Waals surface area contributed by atoms with Crippen LogP contribution in [0.25, 0.3) is 0 Å². The van der Waals surface area contributed by atoms with E-state index in [4.69, 9.17) is 5.21 Å². The van der Waals surface area contributed by atoms with Gasteiger partial charge < -0.3 is 4.90 Å². The summed E-state index contributed by atoms with van der Waals surface area (Å²) in [6.45, 7) is 2.79. The topological polar surface area (TPSA) is 69.6 Å². The number of aryl methyl sites for hydroxylation is 2. The van der Waals surface area contributed by atoms with Crippen molar-refractivity contribution in [1.82, 2.24) is 5.48 Å². The van der Waals surface area contributed by atoms with E-state index in [1.54, 1.807) is 11.5 Å². The van der Waals surface area contributed by atoms with Crippen LogP contribution < -0.4 is 10.4 Å². The van der Waals surface area contributed by atoms with Crippen molar-refractivity contribution in [1.29, 1.82) is 0 Å². The molecule has 1 aliphatic carbocycles. The van der Waals surface area contributed by atoms with Gasteiger partial charge in [-0.2, -0.15) is 0 Å². The Morgan fingerprint density at radius 3 is 2.77 bits per heavy atom. The van der Waals surface area contributed by atoms with Crippen LogP contribution in [0.1, 0.15) is 39.9 Å². The summed E-state index contributed by atoms with van der Waals surface area (Å²) in [4.78, 5) is 26.8. The van der Waals surface area contributed by atoms with Crippen LogP contribution in [0.2, 0.25) is 0 Å². The Morgan fingerprint density at radius 2 is 2.00 bits per heavy atom. The first kappa shape index (κ1) is 16.8. The van der Waals surface area contributed by atoms with Gasteiger partial charge in [0.2, 0.25) is 5.91 Å². The zero-order chi connectivity index (χ0) is 18.3. The van der Waals surface area contributed by atoms with Gasteiger partial charge in [-0.15, -0.1) is 0 Å². The van der Waals surface area contributed by atoms with Crippen LogP contribution >= 0.6 is 0 Å². The number of hydroxylamine groups is 1. The molecule has 1 saturated heterocycles. The number of hydrogen-bond acceptors (Lipinski definition) is 3. The molecule has 2 aliphatic rings. The molecule has 0 unspecified atom stereocenters. The summed E-state index contributed by atoms with van der Waals surface area (Å²) in [6.07, 6.45) is 3.14. The number of carbonyl (C=O) groups is 2. The third-order valence-electron chi connectivity index (χ3n) is 5.80. The SMILES string of the molecule is Cc1cccc(N2CC[C@]3(CCc4cc(C(=O)NO)ccc4C3)C2=O)c1. The van der Waals surface area contributed by atoms with E-state index in [0.29, 0.717) is 12.0 Å². The Bertz CT molecular complexity index is 893. The number of nitrogens with one attached hydrogen (secondary N) is 1. The van der Waals surface area contributed by atoms with Gasteiger partial charge in [0.25, 0.3) is 5.91 Å². The summed E-state index contributed by atoms with van der Waals surface area (Å²) in [5, 5.41) is 8.80. The summed E-state index contributed by atoms with van der Waals surface area (Å²) in [7, 11) is 0.